The van der Waals surface area contributed by atoms with Gasteiger partial charge in [-0.1, -0.05) is 0 Å². The van der Waals surface area contributed by atoms with Crippen LogP contribution in [-0.2, 0) is 0 Å². The summed E-state index contributed by atoms with van der Waals surface area (Å²) in [6, 6.07) is 3.76. The van der Waals surface area contributed by atoms with E-state index in [1.807, 2.05) is 0 Å². The number of hydrogen-bond acceptors (Lipinski definition) is 2. The second kappa shape index (κ2) is 4.11. The molecule has 0 aromatic heterocycles. The van der Waals surface area contributed by atoms with Crippen LogP contribution in [0.2, 0.25) is 0 Å². The van der Waals surface area contributed by atoms with Crippen molar-refractivity contribution < 1.29 is 0 Å². The Kier molecular flexibility index (Phi) is 3.37. The second-order valence-electron chi connectivity index (χ2n) is 3.84. The Morgan fingerprint density at radius 2 is 1.83 bits per heavy atom. The zero-order valence-corrected chi connectivity index (χ0v) is 7.94. The van der Waals surface area contributed by atoms with E-state index < -0.39 is 0 Å². The lowest BCUT2D eigenvalue weighted by atomic mass is 9.90. The van der Waals surface area contributed by atoms with E-state index in [9.17, 15) is 0 Å². The van der Waals surface area contributed by atoms with E-state index in [0.29, 0.717) is 5.92 Å². The SMILES string of the molecule is Cl.N#CCC1CC2CCC(C1)N2. The van der Waals surface area contributed by atoms with Crippen LogP contribution < -0.4 is 5.32 Å². The molecule has 0 radical (unpaired) electrons. The molecule has 12 heavy (non-hydrogen) atoms. The molecule has 2 unspecified atom stereocenters. The van der Waals surface area contributed by atoms with Crippen LogP contribution >= 0.6 is 12.4 Å². The van der Waals surface area contributed by atoms with Gasteiger partial charge in [-0.25, -0.2) is 0 Å². The lowest BCUT2D eigenvalue weighted by Crippen LogP contribution is -2.37. The van der Waals surface area contributed by atoms with Crippen LogP contribution in [-0.4, -0.2) is 12.1 Å². The Labute approximate surface area is 79.7 Å². The van der Waals surface area contributed by atoms with Gasteiger partial charge >= 0.3 is 0 Å². The van der Waals surface area contributed by atoms with Crippen LogP contribution in [0.25, 0.3) is 0 Å². The molecule has 0 aromatic rings. The summed E-state index contributed by atoms with van der Waals surface area (Å²) in [5, 5.41) is 12.1. The van der Waals surface area contributed by atoms with Crippen LogP contribution in [0.15, 0.2) is 0 Å². The number of halogens is 1. The van der Waals surface area contributed by atoms with Gasteiger partial charge in [0.15, 0.2) is 0 Å². The van der Waals surface area contributed by atoms with Gasteiger partial charge in [-0.15, -0.1) is 12.4 Å². The maximum absolute atomic E-state index is 8.54. The van der Waals surface area contributed by atoms with Crippen LogP contribution in [0, 0.1) is 17.2 Å². The Balaban J connectivity index is 0.000000720. The Morgan fingerprint density at radius 1 is 1.25 bits per heavy atom. The fourth-order valence-electron chi connectivity index (χ4n) is 2.47. The Morgan fingerprint density at radius 3 is 2.33 bits per heavy atom. The highest BCUT2D eigenvalue weighted by molar-refractivity contribution is 5.85. The number of nitriles is 1. The number of fused-ring (bicyclic) bond motifs is 2. The molecule has 1 N–H and O–H groups in total. The first kappa shape index (κ1) is 9.83. The maximum Gasteiger partial charge on any atom is 0.0624 e. The zero-order valence-electron chi connectivity index (χ0n) is 7.12. The number of nitrogens with zero attached hydrogens (tertiary/aromatic N) is 1. The highest BCUT2D eigenvalue weighted by Gasteiger charge is 2.32. The van der Waals surface area contributed by atoms with Gasteiger partial charge in [0.2, 0.25) is 0 Å². The number of piperidine rings is 1. The van der Waals surface area contributed by atoms with E-state index in [1.165, 1.54) is 25.7 Å². The first-order valence-corrected chi connectivity index (χ1v) is 4.51. The molecule has 2 nitrogen and oxygen atoms in total. The predicted molar refractivity (Wildman–Crippen MR) is 50.1 cm³/mol. The molecule has 68 valence electrons. The minimum absolute atomic E-state index is 0. The number of hydrogen-bond donors (Lipinski definition) is 1. The van der Waals surface area contributed by atoms with Gasteiger partial charge in [-0.3, -0.25) is 0 Å². The fraction of sp³-hybridized carbons (Fsp3) is 0.889. The highest BCUT2D eigenvalue weighted by Crippen LogP contribution is 2.32. The van der Waals surface area contributed by atoms with E-state index in [1.54, 1.807) is 0 Å². The fourth-order valence-corrected chi connectivity index (χ4v) is 2.47. The van der Waals surface area contributed by atoms with Crippen LogP contribution in [0.5, 0.6) is 0 Å². The van der Waals surface area contributed by atoms with Gasteiger partial charge in [-0.05, 0) is 31.6 Å². The molecule has 3 heteroatoms. The average Bonchev–Trinajstić information content (AvgIpc) is 2.32. The summed E-state index contributed by atoms with van der Waals surface area (Å²) >= 11 is 0. The zero-order chi connectivity index (χ0) is 7.68. The Bertz CT molecular complexity index is 175. The number of rotatable bonds is 1. The average molecular weight is 187 g/mol. The molecule has 2 aliphatic heterocycles. The van der Waals surface area contributed by atoms with E-state index in [0.717, 1.165) is 18.5 Å². The summed E-state index contributed by atoms with van der Waals surface area (Å²) in [4.78, 5) is 0. The first-order chi connectivity index (χ1) is 5.38. The second-order valence-corrected chi connectivity index (χ2v) is 3.84. The quantitative estimate of drug-likeness (QED) is 0.679. The van der Waals surface area contributed by atoms with Gasteiger partial charge in [0, 0.05) is 18.5 Å². The molecule has 2 fully saturated rings. The molecule has 0 aliphatic carbocycles. The van der Waals surface area contributed by atoms with Crippen LogP contribution in [0.1, 0.15) is 32.1 Å². The third kappa shape index (κ3) is 1.91. The van der Waals surface area contributed by atoms with Gasteiger partial charge < -0.3 is 5.32 Å². The summed E-state index contributed by atoms with van der Waals surface area (Å²) in [6.45, 7) is 0. The molecule has 0 saturated carbocycles. The molecule has 2 atom stereocenters. The lowest BCUT2D eigenvalue weighted by molar-refractivity contribution is 0.304. The van der Waals surface area contributed by atoms with Crippen molar-refractivity contribution in [1.82, 2.24) is 5.32 Å². The topological polar surface area (TPSA) is 35.8 Å². The molecule has 2 heterocycles. The largest absolute Gasteiger partial charge is 0.311 e. The highest BCUT2D eigenvalue weighted by atomic mass is 35.5. The summed E-state index contributed by atoms with van der Waals surface area (Å²) in [6.07, 6.45) is 5.93. The summed E-state index contributed by atoms with van der Waals surface area (Å²) in [5.74, 6) is 0.693. The summed E-state index contributed by atoms with van der Waals surface area (Å²) in [5.41, 5.74) is 0. The van der Waals surface area contributed by atoms with Crippen LogP contribution in [0.3, 0.4) is 0 Å². The molecule has 2 saturated heterocycles. The summed E-state index contributed by atoms with van der Waals surface area (Å²) in [7, 11) is 0. The van der Waals surface area contributed by atoms with Crippen molar-refractivity contribution in [2.45, 2.75) is 44.2 Å². The van der Waals surface area contributed by atoms with E-state index >= 15 is 0 Å². The predicted octanol–water partition coefficient (Wildman–Crippen LogP) is 1.85. The van der Waals surface area contributed by atoms with Crippen molar-refractivity contribution in [3.8, 4) is 6.07 Å². The third-order valence-electron chi connectivity index (χ3n) is 2.95. The van der Waals surface area contributed by atoms with Gasteiger partial charge in [0.25, 0.3) is 0 Å². The van der Waals surface area contributed by atoms with Crippen molar-refractivity contribution in [2.24, 2.45) is 5.92 Å². The third-order valence-corrected chi connectivity index (χ3v) is 2.95. The molecule has 0 amide bonds. The normalized spacial score (nSPS) is 38.4. The maximum atomic E-state index is 8.54. The minimum atomic E-state index is 0. The molecule has 2 bridgehead atoms. The van der Waals surface area contributed by atoms with E-state index in [2.05, 4.69) is 11.4 Å². The first-order valence-electron chi connectivity index (χ1n) is 4.51. The molecular weight excluding hydrogens is 172 g/mol. The van der Waals surface area contributed by atoms with Crippen molar-refractivity contribution in [1.29, 1.82) is 5.26 Å². The summed E-state index contributed by atoms with van der Waals surface area (Å²) < 4.78 is 0. The van der Waals surface area contributed by atoms with E-state index in [4.69, 9.17) is 5.26 Å². The lowest BCUT2D eigenvalue weighted by Gasteiger charge is -2.27. The van der Waals surface area contributed by atoms with Gasteiger partial charge in [0.05, 0.1) is 6.07 Å². The monoisotopic (exact) mass is 186 g/mol. The van der Waals surface area contributed by atoms with Crippen molar-refractivity contribution in [2.75, 3.05) is 0 Å². The number of nitrogens with one attached hydrogen (secondary N) is 1. The van der Waals surface area contributed by atoms with Gasteiger partial charge in [0.1, 0.15) is 0 Å². The standard InChI is InChI=1S/C9H14N2.ClH/c10-4-3-7-5-8-1-2-9(6-7)11-8;/h7-9,11H,1-3,5-6H2;1H. The molecular formula is C9H15ClN2. The minimum Gasteiger partial charge on any atom is -0.311 e. The van der Waals surface area contributed by atoms with E-state index in [-0.39, 0.29) is 12.4 Å². The smallest absolute Gasteiger partial charge is 0.0624 e. The molecule has 2 aliphatic rings. The molecule has 0 spiro atoms. The molecule has 2 rings (SSSR count). The van der Waals surface area contributed by atoms with Crippen molar-refractivity contribution in [3.63, 3.8) is 0 Å². The Hall–Kier alpha value is -0.260. The molecule has 0 aromatic carbocycles. The van der Waals surface area contributed by atoms with Gasteiger partial charge in [-0.2, -0.15) is 5.26 Å². The van der Waals surface area contributed by atoms with Crippen molar-refractivity contribution >= 4 is 12.4 Å². The van der Waals surface area contributed by atoms with Crippen LogP contribution in [0.4, 0.5) is 0 Å². The van der Waals surface area contributed by atoms with Crippen molar-refractivity contribution in [3.05, 3.63) is 0 Å².